The lowest BCUT2D eigenvalue weighted by Crippen LogP contribution is -1.87. The number of rotatable bonds is 1. The number of aromatic hydroxyl groups is 1. The highest BCUT2D eigenvalue weighted by Crippen LogP contribution is 2.33. The molecule has 1 heterocycles. The molecular formula is C16H17ClN2O. The van der Waals surface area contributed by atoms with Crippen molar-refractivity contribution in [2.75, 3.05) is 5.73 Å². The van der Waals surface area contributed by atoms with Crippen LogP contribution in [0.15, 0.2) is 36.4 Å². The lowest BCUT2D eigenvalue weighted by molar-refractivity contribution is 0.478. The molecule has 0 aliphatic rings. The molecule has 0 aliphatic heterocycles. The number of aromatic nitrogens is 1. The number of nitrogen functional groups attached to an aromatic ring is 1. The normalized spacial score (nSPS) is 10.5. The van der Waals surface area contributed by atoms with Crippen LogP contribution in [0.5, 0.6) is 5.75 Å². The molecule has 0 saturated heterocycles. The number of halogens is 1. The van der Waals surface area contributed by atoms with Crippen LogP contribution in [0.3, 0.4) is 0 Å². The fourth-order valence-corrected chi connectivity index (χ4v) is 2.44. The summed E-state index contributed by atoms with van der Waals surface area (Å²) in [5.41, 5.74) is 11.7. The van der Waals surface area contributed by atoms with Gasteiger partial charge in [-0.15, -0.1) is 12.4 Å². The number of aromatic amines is 1. The molecule has 4 heteroatoms. The van der Waals surface area contributed by atoms with E-state index in [1.807, 2.05) is 6.07 Å². The summed E-state index contributed by atoms with van der Waals surface area (Å²) in [6, 6.07) is 11.6. The maximum Gasteiger partial charge on any atom is 0.138 e. The minimum absolute atomic E-state index is 0. The Bertz CT molecular complexity index is 777. The molecule has 3 rings (SSSR count). The van der Waals surface area contributed by atoms with Crippen molar-refractivity contribution in [1.29, 1.82) is 0 Å². The maximum atomic E-state index is 9.50. The zero-order valence-electron chi connectivity index (χ0n) is 11.4. The SMILES string of the molecule is Cc1ccc2[nH]c(-c3ccc(O)c(N)c3)c(C)c2c1.Cl. The summed E-state index contributed by atoms with van der Waals surface area (Å²) in [4.78, 5) is 3.42. The van der Waals surface area contributed by atoms with Crippen molar-refractivity contribution in [2.24, 2.45) is 0 Å². The molecule has 4 N–H and O–H groups in total. The molecular weight excluding hydrogens is 272 g/mol. The molecule has 3 aromatic rings. The number of aryl methyl sites for hydroxylation is 2. The van der Waals surface area contributed by atoms with Gasteiger partial charge in [-0.25, -0.2) is 0 Å². The average Bonchev–Trinajstić information content (AvgIpc) is 2.70. The quantitative estimate of drug-likeness (QED) is 0.465. The molecule has 0 fully saturated rings. The molecule has 3 nitrogen and oxygen atoms in total. The number of benzene rings is 2. The predicted molar refractivity (Wildman–Crippen MR) is 86.5 cm³/mol. The van der Waals surface area contributed by atoms with Gasteiger partial charge in [-0.2, -0.15) is 0 Å². The van der Waals surface area contributed by atoms with Gasteiger partial charge in [-0.3, -0.25) is 0 Å². The number of hydrogen-bond acceptors (Lipinski definition) is 2. The lowest BCUT2D eigenvalue weighted by atomic mass is 10.0. The fraction of sp³-hybridized carbons (Fsp3) is 0.125. The van der Waals surface area contributed by atoms with Gasteiger partial charge in [0.25, 0.3) is 0 Å². The molecule has 0 aliphatic carbocycles. The first-order chi connectivity index (χ1) is 9.06. The number of anilines is 1. The van der Waals surface area contributed by atoms with Crippen LogP contribution in [-0.2, 0) is 0 Å². The van der Waals surface area contributed by atoms with E-state index in [0.717, 1.165) is 16.8 Å². The van der Waals surface area contributed by atoms with Crippen LogP contribution in [0.2, 0.25) is 0 Å². The Hall–Kier alpha value is -2.13. The van der Waals surface area contributed by atoms with Crippen molar-refractivity contribution >= 4 is 29.0 Å². The van der Waals surface area contributed by atoms with Crippen molar-refractivity contribution in [3.8, 4) is 17.0 Å². The summed E-state index contributed by atoms with van der Waals surface area (Å²) in [6.07, 6.45) is 0. The van der Waals surface area contributed by atoms with Crippen molar-refractivity contribution < 1.29 is 5.11 Å². The number of nitrogens with one attached hydrogen (secondary N) is 1. The first-order valence-electron chi connectivity index (χ1n) is 6.24. The van der Waals surface area contributed by atoms with Gasteiger partial charge in [0.1, 0.15) is 5.75 Å². The van der Waals surface area contributed by atoms with E-state index in [2.05, 4.69) is 37.0 Å². The Labute approximate surface area is 123 Å². The third-order valence-corrected chi connectivity index (χ3v) is 3.53. The molecule has 1 aromatic heterocycles. The predicted octanol–water partition coefficient (Wildman–Crippen LogP) is 4.16. The van der Waals surface area contributed by atoms with Gasteiger partial charge in [0.05, 0.1) is 5.69 Å². The molecule has 0 atom stereocenters. The highest BCUT2D eigenvalue weighted by atomic mass is 35.5. The zero-order valence-corrected chi connectivity index (χ0v) is 12.2. The Morgan fingerprint density at radius 2 is 1.80 bits per heavy atom. The molecule has 2 aromatic carbocycles. The molecule has 0 spiro atoms. The van der Waals surface area contributed by atoms with Crippen molar-refractivity contribution in [1.82, 2.24) is 4.98 Å². The van der Waals surface area contributed by atoms with Crippen molar-refractivity contribution in [2.45, 2.75) is 13.8 Å². The van der Waals surface area contributed by atoms with E-state index in [1.165, 1.54) is 16.5 Å². The number of fused-ring (bicyclic) bond motifs is 1. The molecule has 0 unspecified atom stereocenters. The second kappa shape index (κ2) is 5.10. The topological polar surface area (TPSA) is 62.0 Å². The first kappa shape index (κ1) is 14.3. The summed E-state index contributed by atoms with van der Waals surface area (Å²) >= 11 is 0. The summed E-state index contributed by atoms with van der Waals surface area (Å²) in [7, 11) is 0. The number of nitrogens with two attached hydrogens (primary N) is 1. The van der Waals surface area contributed by atoms with Gasteiger partial charge in [-0.05, 0) is 49.7 Å². The third-order valence-electron chi connectivity index (χ3n) is 3.53. The second-order valence-electron chi connectivity index (χ2n) is 4.95. The van der Waals surface area contributed by atoms with Crippen LogP contribution in [0.1, 0.15) is 11.1 Å². The smallest absolute Gasteiger partial charge is 0.138 e. The van der Waals surface area contributed by atoms with Gasteiger partial charge in [0.15, 0.2) is 0 Å². The number of H-pyrrole nitrogens is 1. The van der Waals surface area contributed by atoms with Crippen LogP contribution in [0, 0.1) is 13.8 Å². The highest BCUT2D eigenvalue weighted by Gasteiger charge is 2.10. The lowest BCUT2D eigenvalue weighted by Gasteiger charge is -2.04. The van der Waals surface area contributed by atoms with E-state index in [-0.39, 0.29) is 18.2 Å². The maximum absolute atomic E-state index is 9.50. The molecule has 0 saturated carbocycles. The summed E-state index contributed by atoms with van der Waals surface area (Å²) < 4.78 is 0. The van der Waals surface area contributed by atoms with E-state index in [1.54, 1.807) is 12.1 Å². The largest absolute Gasteiger partial charge is 0.506 e. The number of phenols is 1. The minimum Gasteiger partial charge on any atom is -0.506 e. The average molecular weight is 289 g/mol. The summed E-state index contributed by atoms with van der Waals surface area (Å²) in [5.74, 6) is 0.119. The molecule has 0 amide bonds. The third kappa shape index (κ3) is 2.21. The second-order valence-corrected chi connectivity index (χ2v) is 4.95. The van der Waals surface area contributed by atoms with Crippen LogP contribution in [-0.4, -0.2) is 10.1 Å². The van der Waals surface area contributed by atoms with E-state index < -0.39 is 0 Å². The van der Waals surface area contributed by atoms with Gasteiger partial charge >= 0.3 is 0 Å². The first-order valence-corrected chi connectivity index (χ1v) is 6.24. The van der Waals surface area contributed by atoms with E-state index >= 15 is 0 Å². The molecule has 0 bridgehead atoms. The Balaban J connectivity index is 0.00000147. The van der Waals surface area contributed by atoms with Gasteiger partial charge in [-0.1, -0.05) is 11.6 Å². The van der Waals surface area contributed by atoms with Gasteiger partial charge < -0.3 is 15.8 Å². The minimum atomic E-state index is 0. The van der Waals surface area contributed by atoms with Crippen molar-refractivity contribution in [3.05, 3.63) is 47.5 Å². The van der Waals surface area contributed by atoms with E-state index in [4.69, 9.17) is 5.73 Å². The Kier molecular flexibility index (Phi) is 3.64. The zero-order chi connectivity index (χ0) is 13.6. The standard InChI is InChI=1S/C16H16N2O.ClH/c1-9-3-5-14-12(7-9)10(2)16(18-14)11-4-6-15(19)13(17)8-11;/h3-8,18-19H,17H2,1-2H3;1H. The van der Waals surface area contributed by atoms with Crippen LogP contribution < -0.4 is 5.73 Å². The highest BCUT2D eigenvalue weighted by molar-refractivity contribution is 5.91. The van der Waals surface area contributed by atoms with Crippen LogP contribution in [0.25, 0.3) is 22.2 Å². The molecule has 0 radical (unpaired) electrons. The molecule has 20 heavy (non-hydrogen) atoms. The van der Waals surface area contributed by atoms with E-state index in [9.17, 15) is 5.11 Å². The van der Waals surface area contributed by atoms with Crippen LogP contribution in [0.4, 0.5) is 5.69 Å². The number of hydrogen-bond donors (Lipinski definition) is 3. The fourth-order valence-electron chi connectivity index (χ4n) is 2.44. The Morgan fingerprint density at radius 3 is 2.50 bits per heavy atom. The number of phenolic OH excluding ortho intramolecular Hbond substituents is 1. The Morgan fingerprint density at radius 1 is 1.05 bits per heavy atom. The summed E-state index contributed by atoms with van der Waals surface area (Å²) in [5, 5.41) is 10.7. The summed E-state index contributed by atoms with van der Waals surface area (Å²) in [6.45, 7) is 4.18. The van der Waals surface area contributed by atoms with Crippen LogP contribution >= 0.6 is 12.4 Å². The van der Waals surface area contributed by atoms with E-state index in [0.29, 0.717) is 5.69 Å². The van der Waals surface area contributed by atoms with Crippen molar-refractivity contribution in [3.63, 3.8) is 0 Å². The van der Waals surface area contributed by atoms with Gasteiger partial charge in [0.2, 0.25) is 0 Å². The molecule has 104 valence electrons. The van der Waals surface area contributed by atoms with Gasteiger partial charge in [0, 0.05) is 22.2 Å². The monoisotopic (exact) mass is 288 g/mol.